The van der Waals surface area contributed by atoms with E-state index in [4.69, 9.17) is 0 Å². The first-order valence-corrected chi connectivity index (χ1v) is 5.78. The summed E-state index contributed by atoms with van der Waals surface area (Å²) in [6.07, 6.45) is 0.547. The summed E-state index contributed by atoms with van der Waals surface area (Å²) in [7, 11) is 0. The molecule has 1 aromatic heterocycles. The lowest BCUT2D eigenvalue weighted by molar-refractivity contribution is 0.102. The van der Waals surface area contributed by atoms with Crippen LogP contribution in [0.25, 0.3) is 0 Å². The molecule has 0 spiro atoms. The number of rotatable bonds is 3. The molecule has 0 aliphatic rings. The number of amides is 1. The highest BCUT2D eigenvalue weighted by Crippen LogP contribution is 2.22. The number of anilines is 1. The lowest BCUT2D eigenvalue weighted by atomic mass is 10.1. The fraction of sp³-hybridized carbons (Fsp3) is 0.143. The molecule has 1 heterocycles. The van der Waals surface area contributed by atoms with E-state index >= 15 is 0 Å². The van der Waals surface area contributed by atoms with Crippen molar-refractivity contribution in [1.29, 1.82) is 0 Å². The van der Waals surface area contributed by atoms with Crippen molar-refractivity contribution in [3.63, 3.8) is 0 Å². The Balaban J connectivity index is 2.27. The molecular weight excluding hydrogens is 247 g/mol. The number of aliphatic hydroxyl groups is 1. The minimum absolute atomic E-state index is 0.136. The topological polar surface area (TPSA) is 62.2 Å². The molecule has 1 aromatic carbocycles. The third kappa shape index (κ3) is 2.95. The van der Waals surface area contributed by atoms with E-state index in [2.05, 4.69) is 10.3 Å². The Labute approximate surface area is 109 Å². The quantitative estimate of drug-likeness (QED) is 0.833. The fourth-order valence-corrected chi connectivity index (χ4v) is 1.72. The Hall–Kier alpha value is -2.27. The molecule has 2 rings (SSSR count). The van der Waals surface area contributed by atoms with E-state index in [-0.39, 0.29) is 5.56 Å². The average Bonchev–Trinajstić information content (AvgIpc) is 2.39. The Kier molecular flexibility index (Phi) is 3.87. The fourth-order valence-electron chi connectivity index (χ4n) is 1.72. The molecule has 0 bridgehead atoms. The predicted octanol–water partition coefficient (Wildman–Crippen LogP) is 2.53. The maximum absolute atomic E-state index is 13.4. The van der Waals surface area contributed by atoms with E-state index < -0.39 is 18.0 Å². The molecule has 0 saturated heterocycles. The highest BCUT2D eigenvalue weighted by atomic mass is 19.1. The van der Waals surface area contributed by atoms with Gasteiger partial charge in [0.15, 0.2) is 0 Å². The van der Waals surface area contributed by atoms with Crippen molar-refractivity contribution in [2.75, 3.05) is 5.32 Å². The maximum Gasteiger partial charge on any atom is 0.260 e. The lowest BCUT2D eigenvalue weighted by Crippen LogP contribution is -2.16. The van der Waals surface area contributed by atoms with Crippen molar-refractivity contribution in [1.82, 2.24) is 4.98 Å². The van der Waals surface area contributed by atoms with E-state index in [9.17, 15) is 14.3 Å². The SMILES string of the molecule is CC(O)c1ccccc1NC(=O)c1cccnc1F. The second kappa shape index (κ2) is 5.58. The summed E-state index contributed by atoms with van der Waals surface area (Å²) in [5.74, 6) is -1.42. The number of carbonyl (C=O) groups is 1. The van der Waals surface area contributed by atoms with Crippen LogP contribution in [0.15, 0.2) is 42.6 Å². The monoisotopic (exact) mass is 260 g/mol. The molecule has 2 N–H and O–H groups in total. The molecule has 1 unspecified atom stereocenters. The third-order valence-corrected chi connectivity index (χ3v) is 2.66. The van der Waals surface area contributed by atoms with Gasteiger partial charge in [0.05, 0.1) is 11.7 Å². The maximum atomic E-state index is 13.4. The van der Waals surface area contributed by atoms with Gasteiger partial charge in [0.1, 0.15) is 0 Å². The molecule has 0 aliphatic heterocycles. The van der Waals surface area contributed by atoms with Crippen LogP contribution in [-0.4, -0.2) is 16.0 Å². The molecule has 5 heteroatoms. The highest BCUT2D eigenvalue weighted by Gasteiger charge is 2.14. The van der Waals surface area contributed by atoms with Gasteiger partial charge in [-0.05, 0) is 25.1 Å². The van der Waals surface area contributed by atoms with Gasteiger partial charge in [-0.1, -0.05) is 18.2 Å². The zero-order chi connectivity index (χ0) is 13.8. The van der Waals surface area contributed by atoms with E-state index in [1.807, 2.05) is 0 Å². The number of hydrogen-bond acceptors (Lipinski definition) is 3. The number of nitrogens with zero attached hydrogens (tertiary/aromatic N) is 1. The van der Waals surface area contributed by atoms with Gasteiger partial charge in [-0.25, -0.2) is 4.98 Å². The number of aliphatic hydroxyl groups excluding tert-OH is 1. The zero-order valence-electron chi connectivity index (χ0n) is 10.3. The summed E-state index contributed by atoms with van der Waals surface area (Å²) in [4.78, 5) is 15.4. The van der Waals surface area contributed by atoms with Crippen LogP contribution in [0, 0.1) is 5.95 Å². The zero-order valence-corrected chi connectivity index (χ0v) is 10.3. The van der Waals surface area contributed by atoms with E-state index in [0.717, 1.165) is 0 Å². The third-order valence-electron chi connectivity index (χ3n) is 2.66. The van der Waals surface area contributed by atoms with Crippen molar-refractivity contribution < 1.29 is 14.3 Å². The Morgan fingerprint density at radius 3 is 2.74 bits per heavy atom. The van der Waals surface area contributed by atoms with E-state index in [0.29, 0.717) is 11.3 Å². The van der Waals surface area contributed by atoms with Crippen molar-refractivity contribution >= 4 is 11.6 Å². The second-order valence-corrected chi connectivity index (χ2v) is 4.06. The first kappa shape index (κ1) is 13.2. The lowest BCUT2D eigenvalue weighted by Gasteiger charge is -2.12. The molecular formula is C14H13FN2O2. The van der Waals surface area contributed by atoms with Gasteiger partial charge in [0.25, 0.3) is 5.91 Å². The van der Waals surface area contributed by atoms with Crippen LogP contribution in [0.4, 0.5) is 10.1 Å². The number of hydrogen-bond donors (Lipinski definition) is 2. The van der Waals surface area contributed by atoms with Crippen molar-refractivity contribution in [2.45, 2.75) is 13.0 Å². The summed E-state index contributed by atoms with van der Waals surface area (Å²) in [5.41, 5.74) is 0.883. The largest absolute Gasteiger partial charge is 0.389 e. The predicted molar refractivity (Wildman–Crippen MR) is 69.2 cm³/mol. The number of halogens is 1. The number of nitrogens with one attached hydrogen (secondary N) is 1. The first-order valence-electron chi connectivity index (χ1n) is 5.78. The minimum atomic E-state index is -0.825. The summed E-state index contributed by atoms with van der Waals surface area (Å²) in [6, 6.07) is 9.65. The van der Waals surface area contributed by atoms with Gasteiger partial charge < -0.3 is 10.4 Å². The van der Waals surface area contributed by atoms with Crippen molar-refractivity contribution in [2.24, 2.45) is 0 Å². The number of para-hydroxylation sites is 1. The van der Waals surface area contributed by atoms with E-state index in [1.165, 1.54) is 18.3 Å². The molecule has 0 radical (unpaired) electrons. The summed E-state index contributed by atoms with van der Waals surface area (Å²) in [5, 5.41) is 12.2. The molecule has 0 saturated carbocycles. The van der Waals surface area contributed by atoms with Crippen LogP contribution in [0.2, 0.25) is 0 Å². The molecule has 1 amide bonds. The normalized spacial score (nSPS) is 11.9. The molecule has 98 valence electrons. The first-order chi connectivity index (χ1) is 9.09. The van der Waals surface area contributed by atoms with Crippen molar-refractivity contribution in [3.05, 3.63) is 59.7 Å². The molecule has 4 nitrogen and oxygen atoms in total. The Bertz CT molecular complexity index is 600. The summed E-state index contributed by atoms with van der Waals surface area (Å²) >= 11 is 0. The molecule has 0 fully saturated rings. The molecule has 2 aromatic rings. The number of benzene rings is 1. The highest BCUT2D eigenvalue weighted by molar-refractivity contribution is 6.04. The summed E-state index contributed by atoms with van der Waals surface area (Å²) in [6.45, 7) is 1.59. The number of carbonyl (C=O) groups excluding carboxylic acids is 1. The number of aromatic nitrogens is 1. The smallest absolute Gasteiger partial charge is 0.260 e. The van der Waals surface area contributed by atoms with Gasteiger partial charge in [0.2, 0.25) is 5.95 Å². The van der Waals surface area contributed by atoms with Gasteiger partial charge in [-0.3, -0.25) is 4.79 Å². The van der Waals surface area contributed by atoms with Gasteiger partial charge in [-0.15, -0.1) is 0 Å². The van der Waals surface area contributed by atoms with Crippen LogP contribution in [-0.2, 0) is 0 Å². The second-order valence-electron chi connectivity index (χ2n) is 4.06. The standard InChI is InChI=1S/C14H13FN2O2/c1-9(18)10-5-2-3-7-12(10)17-14(19)11-6-4-8-16-13(11)15/h2-9,18H,1H3,(H,17,19). The van der Waals surface area contributed by atoms with Gasteiger partial charge in [-0.2, -0.15) is 4.39 Å². The van der Waals surface area contributed by atoms with Gasteiger partial charge >= 0.3 is 0 Å². The van der Waals surface area contributed by atoms with Crippen LogP contribution >= 0.6 is 0 Å². The van der Waals surface area contributed by atoms with E-state index in [1.54, 1.807) is 31.2 Å². The average molecular weight is 260 g/mol. The van der Waals surface area contributed by atoms with Crippen LogP contribution in [0.5, 0.6) is 0 Å². The number of pyridine rings is 1. The molecule has 1 atom stereocenters. The molecule has 0 aliphatic carbocycles. The Morgan fingerprint density at radius 1 is 1.32 bits per heavy atom. The van der Waals surface area contributed by atoms with Crippen LogP contribution < -0.4 is 5.32 Å². The Morgan fingerprint density at radius 2 is 2.05 bits per heavy atom. The van der Waals surface area contributed by atoms with Crippen LogP contribution in [0.3, 0.4) is 0 Å². The van der Waals surface area contributed by atoms with Crippen molar-refractivity contribution in [3.8, 4) is 0 Å². The minimum Gasteiger partial charge on any atom is -0.389 e. The summed E-state index contributed by atoms with van der Waals surface area (Å²) < 4.78 is 13.4. The van der Waals surface area contributed by atoms with Gasteiger partial charge in [0, 0.05) is 17.4 Å². The van der Waals surface area contributed by atoms with Crippen LogP contribution in [0.1, 0.15) is 28.9 Å². The molecule has 19 heavy (non-hydrogen) atoms.